The van der Waals surface area contributed by atoms with Crippen molar-refractivity contribution in [2.75, 3.05) is 36.5 Å². The molecule has 0 bridgehead atoms. The number of hydrogen-bond acceptors (Lipinski definition) is 4. The van der Waals surface area contributed by atoms with Crippen molar-refractivity contribution in [2.45, 2.75) is 45.1 Å². The molecular formula is C18H26ClN3O. The van der Waals surface area contributed by atoms with E-state index in [0.29, 0.717) is 0 Å². The monoisotopic (exact) mass is 335 g/mol. The SMILES string of the molecule is CC.N#CC1(Nc2ccc(Cl)c(N3CCOCC3)c2)CCCC1. The number of benzene rings is 1. The molecule has 3 rings (SSSR count). The first-order chi connectivity index (χ1) is 11.2. The zero-order valence-electron chi connectivity index (χ0n) is 14.1. The van der Waals surface area contributed by atoms with Gasteiger partial charge in [0, 0.05) is 18.8 Å². The van der Waals surface area contributed by atoms with Gasteiger partial charge in [0.1, 0.15) is 5.54 Å². The largest absolute Gasteiger partial charge is 0.378 e. The lowest BCUT2D eigenvalue weighted by atomic mass is 9.99. The average molecular weight is 336 g/mol. The first-order valence-corrected chi connectivity index (χ1v) is 8.92. The van der Waals surface area contributed by atoms with E-state index in [9.17, 15) is 5.26 Å². The Morgan fingerprint density at radius 3 is 2.48 bits per heavy atom. The highest BCUT2D eigenvalue weighted by molar-refractivity contribution is 6.33. The van der Waals surface area contributed by atoms with Crippen molar-refractivity contribution in [2.24, 2.45) is 0 Å². The first kappa shape index (κ1) is 17.9. The fraction of sp³-hybridized carbons (Fsp3) is 0.611. The number of nitrogens with zero attached hydrogens (tertiary/aromatic N) is 2. The molecule has 4 nitrogen and oxygen atoms in total. The van der Waals surface area contributed by atoms with Gasteiger partial charge >= 0.3 is 0 Å². The Morgan fingerprint density at radius 2 is 1.87 bits per heavy atom. The van der Waals surface area contributed by atoms with Crippen molar-refractivity contribution in [1.29, 1.82) is 5.26 Å². The second-order valence-electron chi connectivity index (χ2n) is 5.79. The zero-order valence-corrected chi connectivity index (χ0v) is 14.8. The predicted octanol–water partition coefficient (Wildman–Crippen LogP) is 4.45. The van der Waals surface area contributed by atoms with Crippen LogP contribution in [0.1, 0.15) is 39.5 Å². The molecule has 0 aromatic heterocycles. The van der Waals surface area contributed by atoms with Gasteiger partial charge in [-0.2, -0.15) is 5.26 Å². The molecule has 2 fully saturated rings. The van der Waals surface area contributed by atoms with E-state index in [0.717, 1.165) is 68.4 Å². The lowest BCUT2D eigenvalue weighted by Gasteiger charge is -2.31. The van der Waals surface area contributed by atoms with Crippen molar-refractivity contribution in [3.8, 4) is 6.07 Å². The maximum absolute atomic E-state index is 9.48. The van der Waals surface area contributed by atoms with Gasteiger partial charge in [0.15, 0.2) is 0 Å². The molecule has 23 heavy (non-hydrogen) atoms. The lowest BCUT2D eigenvalue weighted by molar-refractivity contribution is 0.122. The molecule has 0 amide bonds. The molecule has 1 heterocycles. The van der Waals surface area contributed by atoms with Crippen LogP contribution in [0.15, 0.2) is 18.2 Å². The van der Waals surface area contributed by atoms with Gasteiger partial charge in [-0.05, 0) is 43.9 Å². The number of nitrogens with one attached hydrogen (secondary N) is 1. The molecular weight excluding hydrogens is 310 g/mol. The topological polar surface area (TPSA) is 48.3 Å². The molecule has 0 spiro atoms. The molecule has 0 unspecified atom stereocenters. The van der Waals surface area contributed by atoms with Crippen LogP contribution in [0.3, 0.4) is 0 Å². The molecule has 1 saturated heterocycles. The number of nitriles is 1. The van der Waals surface area contributed by atoms with Crippen molar-refractivity contribution in [3.05, 3.63) is 23.2 Å². The standard InChI is InChI=1S/C16H20ClN3O.C2H6/c17-14-4-3-13(19-16(12-18)5-1-2-6-16)11-15(14)20-7-9-21-10-8-20;1-2/h3-4,11,19H,1-2,5-10H2;1-2H3. The van der Waals surface area contributed by atoms with E-state index in [2.05, 4.69) is 22.4 Å². The van der Waals surface area contributed by atoms with Gasteiger partial charge in [0.2, 0.25) is 0 Å². The molecule has 1 aliphatic heterocycles. The van der Waals surface area contributed by atoms with Crippen molar-refractivity contribution in [3.63, 3.8) is 0 Å². The van der Waals surface area contributed by atoms with Gasteiger partial charge in [-0.25, -0.2) is 0 Å². The third-order valence-corrected chi connectivity index (χ3v) is 4.67. The summed E-state index contributed by atoms with van der Waals surface area (Å²) in [6.07, 6.45) is 4.06. The second kappa shape index (κ2) is 8.42. The summed E-state index contributed by atoms with van der Waals surface area (Å²) in [6.45, 7) is 7.17. The third-order valence-electron chi connectivity index (χ3n) is 4.35. The number of rotatable bonds is 3. The Morgan fingerprint density at radius 1 is 1.22 bits per heavy atom. The maximum Gasteiger partial charge on any atom is 0.125 e. The summed E-state index contributed by atoms with van der Waals surface area (Å²) in [6, 6.07) is 8.40. The van der Waals surface area contributed by atoms with Crippen LogP contribution in [0.4, 0.5) is 11.4 Å². The van der Waals surface area contributed by atoms with Gasteiger partial charge in [0.05, 0.1) is 30.0 Å². The average Bonchev–Trinajstić information content (AvgIpc) is 3.08. The summed E-state index contributed by atoms with van der Waals surface area (Å²) in [5, 5.41) is 13.7. The maximum atomic E-state index is 9.48. The zero-order chi connectivity index (χ0) is 16.7. The molecule has 0 atom stereocenters. The summed E-state index contributed by atoms with van der Waals surface area (Å²) in [4.78, 5) is 2.24. The highest BCUT2D eigenvalue weighted by Gasteiger charge is 2.33. The van der Waals surface area contributed by atoms with E-state index in [1.165, 1.54) is 0 Å². The Bertz CT molecular complexity index is 544. The van der Waals surface area contributed by atoms with Gasteiger partial charge in [-0.3, -0.25) is 0 Å². The van der Waals surface area contributed by atoms with Gasteiger partial charge in [-0.1, -0.05) is 25.4 Å². The summed E-state index contributed by atoms with van der Waals surface area (Å²) in [5.41, 5.74) is 1.59. The molecule has 2 aliphatic rings. The Hall–Kier alpha value is -1.44. The van der Waals surface area contributed by atoms with E-state index in [4.69, 9.17) is 16.3 Å². The number of morpholine rings is 1. The van der Waals surface area contributed by atoms with Gasteiger partial charge in [-0.15, -0.1) is 0 Å². The van der Waals surface area contributed by atoms with E-state index >= 15 is 0 Å². The molecule has 1 aliphatic carbocycles. The van der Waals surface area contributed by atoms with Crippen LogP contribution >= 0.6 is 11.6 Å². The van der Waals surface area contributed by atoms with Gasteiger partial charge < -0.3 is 15.0 Å². The third kappa shape index (κ3) is 4.31. The van der Waals surface area contributed by atoms with Crippen LogP contribution in [-0.2, 0) is 4.74 Å². The van der Waals surface area contributed by atoms with E-state index in [1.807, 2.05) is 26.0 Å². The Kier molecular flexibility index (Phi) is 6.56. The molecule has 1 aromatic rings. The van der Waals surface area contributed by atoms with E-state index < -0.39 is 5.54 Å². The second-order valence-corrected chi connectivity index (χ2v) is 6.20. The number of ether oxygens (including phenoxy) is 1. The molecule has 1 N–H and O–H groups in total. The summed E-state index contributed by atoms with van der Waals surface area (Å²) in [7, 11) is 0. The number of halogens is 1. The van der Waals surface area contributed by atoms with Crippen LogP contribution in [0.25, 0.3) is 0 Å². The smallest absolute Gasteiger partial charge is 0.125 e. The number of hydrogen-bond donors (Lipinski definition) is 1. The quantitative estimate of drug-likeness (QED) is 0.886. The predicted molar refractivity (Wildman–Crippen MR) is 96.3 cm³/mol. The Balaban J connectivity index is 0.000000924. The van der Waals surface area contributed by atoms with E-state index in [-0.39, 0.29) is 0 Å². The highest BCUT2D eigenvalue weighted by atomic mass is 35.5. The van der Waals surface area contributed by atoms with Crippen molar-refractivity contribution >= 4 is 23.0 Å². The van der Waals surface area contributed by atoms with Crippen LogP contribution in [-0.4, -0.2) is 31.8 Å². The molecule has 126 valence electrons. The van der Waals surface area contributed by atoms with Crippen LogP contribution < -0.4 is 10.2 Å². The Labute approximate surface area is 144 Å². The van der Waals surface area contributed by atoms with Crippen LogP contribution in [0, 0.1) is 11.3 Å². The minimum absolute atomic E-state index is 0.407. The number of anilines is 2. The summed E-state index contributed by atoms with van der Waals surface area (Å²) < 4.78 is 5.39. The molecule has 5 heteroatoms. The highest BCUT2D eigenvalue weighted by Crippen LogP contribution is 2.35. The lowest BCUT2D eigenvalue weighted by Crippen LogP contribution is -2.36. The van der Waals surface area contributed by atoms with E-state index in [1.54, 1.807) is 0 Å². The molecule has 1 aromatic carbocycles. The van der Waals surface area contributed by atoms with Crippen molar-refractivity contribution < 1.29 is 4.74 Å². The van der Waals surface area contributed by atoms with Crippen LogP contribution in [0.5, 0.6) is 0 Å². The minimum atomic E-state index is -0.407. The fourth-order valence-corrected chi connectivity index (χ4v) is 3.39. The summed E-state index contributed by atoms with van der Waals surface area (Å²) in [5.74, 6) is 0. The molecule has 1 saturated carbocycles. The van der Waals surface area contributed by atoms with Crippen molar-refractivity contribution in [1.82, 2.24) is 0 Å². The molecule has 0 radical (unpaired) electrons. The fourth-order valence-electron chi connectivity index (χ4n) is 3.16. The van der Waals surface area contributed by atoms with Crippen LogP contribution in [0.2, 0.25) is 5.02 Å². The summed E-state index contributed by atoms with van der Waals surface area (Å²) >= 11 is 6.34. The normalized spacial score (nSPS) is 19.5. The minimum Gasteiger partial charge on any atom is -0.378 e. The first-order valence-electron chi connectivity index (χ1n) is 8.54. The van der Waals surface area contributed by atoms with Gasteiger partial charge in [0.25, 0.3) is 0 Å².